The molecule has 0 spiro atoms. The van der Waals surface area contributed by atoms with Crippen LogP contribution in [0, 0.1) is 11.3 Å². The molecule has 0 aliphatic heterocycles. The van der Waals surface area contributed by atoms with E-state index in [1.165, 1.54) is 12.8 Å². The van der Waals surface area contributed by atoms with Crippen LogP contribution in [0.2, 0.25) is 0 Å². The standard InChI is InChI=1S/C17H33NO4/c1-5-9-21-10-8-17(13-19,11-14-6-7-14)12-18-15(20)22-16(2,3)4/h14,19H,5-13H2,1-4H3,(H,18,20). The van der Waals surface area contributed by atoms with Crippen LogP contribution in [0.4, 0.5) is 4.79 Å². The summed E-state index contributed by atoms with van der Waals surface area (Å²) in [5.41, 5.74) is -0.807. The quantitative estimate of drug-likeness (QED) is 0.608. The van der Waals surface area contributed by atoms with E-state index in [1.807, 2.05) is 20.8 Å². The van der Waals surface area contributed by atoms with Crippen LogP contribution in [0.3, 0.4) is 0 Å². The molecule has 1 amide bonds. The maximum absolute atomic E-state index is 11.9. The van der Waals surface area contributed by atoms with E-state index < -0.39 is 11.7 Å². The normalized spacial score (nSPS) is 17.9. The van der Waals surface area contributed by atoms with Crippen LogP contribution in [0.15, 0.2) is 0 Å². The number of carbonyl (C=O) groups is 1. The maximum atomic E-state index is 11.9. The first-order valence-electron chi connectivity index (χ1n) is 8.46. The minimum absolute atomic E-state index is 0.0643. The minimum atomic E-state index is -0.507. The molecule has 0 radical (unpaired) electrons. The van der Waals surface area contributed by atoms with E-state index in [-0.39, 0.29) is 12.0 Å². The van der Waals surface area contributed by atoms with Crippen molar-refractivity contribution < 1.29 is 19.4 Å². The minimum Gasteiger partial charge on any atom is -0.444 e. The molecule has 1 saturated carbocycles. The van der Waals surface area contributed by atoms with Gasteiger partial charge in [-0.25, -0.2) is 4.79 Å². The highest BCUT2D eigenvalue weighted by molar-refractivity contribution is 5.67. The molecule has 1 unspecified atom stereocenters. The Morgan fingerprint density at radius 1 is 1.27 bits per heavy atom. The second kappa shape index (κ2) is 8.73. The molecule has 0 heterocycles. The van der Waals surface area contributed by atoms with Crippen molar-refractivity contribution in [1.29, 1.82) is 0 Å². The molecule has 1 atom stereocenters. The summed E-state index contributed by atoms with van der Waals surface area (Å²) in [6.45, 7) is 9.46. The van der Waals surface area contributed by atoms with Crippen LogP contribution in [-0.2, 0) is 9.47 Å². The summed E-state index contributed by atoms with van der Waals surface area (Å²) in [4.78, 5) is 11.9. The third kappa shape index (κ3) is 7.99. The van der Waals surface area contributed by atoms with Gasteiger partial charge < -0.3 is 19.9 Å². The second-order valence-electron chi connectivity index (χ2n) is 7.52. The van der Waals surface area contributed by atoms with Crippen LogP contribution in [0.25, 0.3) is 0 Å². The van der Waals surface area contributed by atoms with E-state index >= 15 is 0 Å². The SMILES string of the molecule is CCCOCCC(CO)(CNC(=O)OC(C)(C)C)CC1CC1. The lowest BCUT2D eigenvalue weighted by molar-refractivity contribution is 0.0319. The molecule has 22 heavy (non-hydrogen) atoms. The Bertz CT molecular complexity index is 336. The van der Waals surface area contributed by atoms with Crippen LogP contribution in [0.5, 0.6) is 0 Å². The summed E-state index contributed by atoms with van der Waals surface area (Å²) in [5.74, 6) is 0.679. The highest BCUT2D eigenvalue weighted by Crippen LogP contribution is 2.41. The number of carbonyl (C=O) groups excluding carboxylic acids is 1. The summed E-state index contributed by atoms with van der Waals surface area (Å²) >= 11 is 0. The number of rotatable bonds is 10. The molecule has 0 saturated heterocycles. The number of aliphatic hydroxyl groups is 1. The van der Waals surface area contributed by atoms with Crippen LogP contribution >= 0.6 is 0 Å². The molecule has 5 nitrogen and oxygen atoms in total. The second-order valence-corrected chi connectivity index (χ2v) is 7.52. The third-order valence-electron chi connectivity index (χ3n) is 3.89. The van der Waals surface area contributed by atoms with Gasteiger partial charge in [0.1, 0.15) is 5.60 Å². The number of hydrogen-bond acceptors (Lipinski definition) is 4. The predicted molar refractivity (Wildman–Crippen MR) is 86.8 cm³/mol. The maximum Gasteiger partial charge on any atom is 0.407 e. The zero-order chi connectivity index (χ0) is 16.6. The van der Waals surface area contributed by atoms with Gasteiger partial charge in [-0.1, -0.05) is 19.8 Å². The van der Waals surface area contributed by atoms with E-state index in [0.29, 0.717) is 19.1 Å². The first-order chi connectivity index (χ1) is 10.3. The summed E-state index contributed by atoms with van der Waals surface area (Å²) in [6.07, 6.45) is 4.72. The molecule has 0 bridgehead atoms. The summed E-state index contributed by atoms with van der Waals surface area (Å²) in [5, 5.41) is 12.7. The van der Waals surface area contributed by atoms with E-state index in [1.54, 1.807) is 0 Å². The topological polar surface area (TPSA) is 67.8 Å². The number of ether oxygens (including phenoxy) is 2. The number of aliphatic hydroxyl groups excluding tert-OH is 1. The molecule has 0 aromatic heterocycles. The lowest BCUT2D eigenvalue weighted by atomic mass is 9.80. The van der Waals surface area contributed by atoms with Crippen molar-refractivity contribution >= 4 is 6.09 Å². The van der Waals surface area contributed by atoms with Gasteiger partial charge in [0.25, 0.3) is 0 Å². The Morgan fingerprint density at radius 3 is 2.45 bits per heavy atom. The Hall–Kier alpha value is -0.810. The lowest BCUT2D eigenvalue weighted by Gasteiger charge is -2.33. The zero-order valence-corrected chi connectivity index (χ0v) is 14.6. The van der Waals surface area contributed by atoms with E-state index in [9.17, 15) is 9.90 Å². The zero-order valence-electron chi connectivity index (χ0n) is 14.6. The first-order valence-corrected chi connectivity index (χ1v) is 8.46. The van der Waals surface area contributed by atoms with Gasteiger partial charge in [0.2, 0.25) is 0 Å². The van der Waals surface area contributed by atoms with Crippen LogP contribution in [-0.4, -0.2) is 43.2 Å². The molecular formula is C17H33NO4. The molecule has 5 heteroatoms. The molecule has 1 aliphatic rings. The fraction of sp³-hybridized carbons (Fsp3) is 0.941. The van der Waals surface area contributed by atoms with Crippen molar-refractivity contribution in [2.24, 2.45) is 11.3 Å². The molecular weight excluding hydrogens is 282 g/mol. The lowest BCUT2D eigenvalue weighted by Crippen LogP contribution is -2.43. The molecule has 0 aromatic rings. The van der Waals surface area contributed by atoms with Gasteiger partial charge in [-0.2, -0.15) is 0 Å². The predicted octanol–water partition coefficient (Wildman–Crippen LogP) is 3.11. The fourth-order valence-electron chi connectivity index (χ4n) is 2.51. The highest BCUT2D eigenvalue weighted by Gasteiger charge is 2.37. The van der Waals surface area contributed by atoms with E-state index in [0.717, 1.165) is 25.9 Å². The summed E-state index contributed by atoms with van der Waals surface area (Å²) in [6, 6.07) is 0. The smallest absolute Gasteiger partial charge is 0.407 e. The van der Waals surface area contributed by atoms with Crippen molar-refractivity contribution in [3.05, 3.63) is 0 Å². The van der Waals surface area contributed by atoms with Gasteiger partial charge >= 0.3 is 6.09 Å². The Labute approximate surface area is 134 Å². The van der Waals surface area contributed by atoms with E-state index in [4.69, 9.17) is 9.47 Å². The van der Waals surface area contributed by atoms with Gasteiger partial charge in [-0.3, -0.25) is 0 Å². The Kier molecular flexibility index (Phi) is 7.63. The molecule has 1 aliphatic carbocycles. The third-order valence-corrected chi connectivity index (χ3v) is 3.89. The van der Waals surface area contributed by atoms with Crippen molar-refractivity contribution in [3.8, 4) is 0 Å². The number of amides is 1. The monoisotopic (exact) mass is 315 g/mol. The van der Waals surface area contributed by atoms with Gasteiger partial charge in [0.05, 0.1) is 6.61 Å². The molecule has 130 valence electrons. The number of hydrogen-bond donors (Lipinski definition) is 2. The van der Waals surface area contributed by atoms with Crippen LogP contribution < -0.4 is 5.32 Å². The fourth-order valence-corrected chi connectivity index (χ4v) is 2.51. The number of nitrogens with one attached hydrogen (secondary N) is 1. The Balaban J connectivity index is 2.50. The van der Waals surface area contributed by atoms with E-state index in [2.05, 4.69) is 12.2 Å². The van der Waals surface area contributed by atoms with Gasteiger partial charge in [0.15, 0.2) is 0 Å². The molecule has 2 N–H and O–H groups in total. The number of alkyl carbamates (subject to hydrolysis) is 1. The van der Waals surface area contributed by atoms with Gasteiger partial charge in [0, 0.05) is 25.2 Å². The van der Waals surface area contributed by atoms with Crippen molar-refractivity contribution in [2.75, 3.05) is 26.4 Å². The van der Waals surface area contributed by atoms with Crippen molar-refractivity contribution in [1.82, 2.24) is 5.32 Å². The first kappa shape index (κ1) is 19.2. The van der Waals surface area contributed by atoms with Crippen molar-refractivity contribution in [2.45, 2.75) is 65.4 Å². The Morgan fingerprint density at radius 2 is 1.95 bits per heavy atom. The largest absolute Gasteiger partial charge is 0.444 e. The van der Waals surface area contributed by atoms with Crippen LogP contribution in [0.1, 0.15) is 59.8 Å². The summed E-state index contributed by atoms with van der Waals surface area (Å²) < 4.78 is 10.9. The van der Waals surface area contributed by atoms with Crippen molar-refractivity contribution in [3.63, 3.8) is 0 Å². The molecule has 0 aromatic carbocycles. The summed E-state index contributed by atoms with van der Waals surface area (Å²) in [7, 11) is 0. The average Bonchev–Trinajstić information content (AvgIpc) is 3.23. The highest BCUT2D eigenvalue weighted by atomic mass is 16.6. The van der Waals surface area contributed by atoms with Gasteiger partial charge in [-0.05, 0) is 46.0 Å². The molecule has 1 fully saturated rings. The average molecular weight is 315 g/mol. The van der Waals surface area contributed by atoms with Gasteiger partial charge in [-0.15, -0.1) is 0 Å². The molecule has 1 rings (SSSR count).